The zero-order valence-corrected chi connectivity index (χ0v) is 9.60. The number of alkyl halides is 3. The summed E-state index contributed by atoms with van der Waals surface area (Å²) in [7, 11) is 0. The molecule has 0 saturated heterocycles. The van der Waals surface area contributed by atoms with Crippen LogP contribution in [-0.2, 0) is 5.41 Å². The Kier molecular flexibility index (Phi) is 3.33. The third-order valence-corrected chi connectivity index (χ3v) is 2.87. The fourth-order valence-electron chi connectivity index (χ4n) is 1.37. The van der Waals surface area contributed by atoms with Crippen molar-refractivity contribution in [1.82, 2.24) is 0 Å². The van der Waals surface area contributed by atoms with Crippen molar-refractivity contribution in [2.75, 3.05) is 0 Å². The first-order valence-electron chi connectivity index (χ1n) is 5.09. The van der Waals surface area contributed by atoms with E-state index in [1.165, 1.54) is 26.0 Å². The number of rotatable bonds is 2. The van der Waals surface area contributed by atoms with Gasteiger partial charge in [-0.1, -0.05) is 24.3 Å². The molecule has 0 heterocycles. The average Bonchev–Trinajstić information content (AvgIpc) is 2.16. The first-order chi connectivity index (χ1) is 7.16. The Morgan fingerprint density at radius 2 is 1.50 bits per heavy atom. The second-order valence-electron chi connectivity index (χ2n) is 4.53. The highest BCUT2D eigenvalue weighted by Gasteiger charge is 2.48. The molecule has 0 saturated carbocycles. The molecule has 4 heteroatoms. The monoisotopic (exact) mass is 231 g/mol. The first-order valence-corrected chi connectivity index (χ1v) is 5.09. The minimum Gasteiger partial charge on any atom is -0.324 e. The maximum atomic E-state index is 12.8. The van der Waals surface area contributed by atoms with E-state index in [4.69, 9.17) is 5.73 Å². The fourth-order valence-corrected chi connectivity index (χ4v) is 1.37. The van der Waals surface area contributed by atoms with Gasteiger partial charge in [0.1, 0.15) is 0 Å². The Hall–Kier alpha value is -1.03. The number of nitrogens with two attached hydrogens (primary N) is 1. The van der Waals surface area contributed by atoms with Crippen LogP contribution in [0.3, 0.4) is 0 Å². The maximum absolute atomic E-state index is 12.8. The molecule has 0 fully saturated rings. The zero-order chi connectivity index (χ0) is 12.6. The van der Waals surface area contributed by atoms with E-state index in [0.29, 0.717) is 0 Å². The normalized spacial score (nSPS) is 14.9. The van der Waals surface area contributed by atoms with Crippen LogP contribution < -0.4 is 5.73 Å². The lowest BCUT2D eigenvalue weighted by Gasteiger charge is -2.28. The number of benzene rings is 1. The van der Waals surface area contributed by atoms with E-state index in [9.17, 15) is 13.2 Å². The van der Waals surface area contributed by atoms with Crippen LogP contribution in [0.4, 0.5) is 13.2 Å². The van der Waals surface area contributed by atoms with E-state index >= 15 is 0 Å². The second kappa shape index (κ2) is 4.09. The molecule has 1 aromatic rings. The molecule has 2 N–H and O–H groups in total. The van der Waals surface area contributed by atoms with Gasteiger partial charge in [0.25, 0.3) is 0 Å². The minimum atomic E-state index is -4.25. The SMILES string of the molecule is CC(N)c1ccc(C(C)(C)C(F)(F)F)cc1. The molecule has 0 amide bonds. The fraction of sp³-hybridized carbons (Fsp3) is 0.500. The Morgan fingerprint density at radius 1 is 1.06 bits per heavy atom. The van der Waals surface area contributed by atoms with Gasteiger partial charge in [0.2, 0.25) is 0 Å². The molecule has 0 spiro atoms. The van der Waals surface area contributed by atoms with Gasteiger partial charge in [0.05, 0.1) is 5.41 Å². The minimum absolute atomic E-state index is 0.164. The summed E-state index contributed by atoms with van der Waals surface area (Å²) in [5.74, 6) is 0. The second-order valence-corrected chi connectivity index (χ2v) is 4.53. The Labute approximate surface area is 93.5 Å². The summed E-state index contributed by atoms with van der Waals surface area (Å²) in [6, 6.07) is 6.11. The van der Waals surface area contributed by atoms with Crippen LogP contribution in [0, 0.1) is 0 Å². The van der Waals surface area contributed by atoms with Crippen molar-refractivity contribution in [3.05, 3.63) is 35.4 Å². The van der Waals surface area contributed by atoms with Crippen LogP contribution in [0.25, 0.3) is 0 Å². The third-order valence-electron chi connectivity index (χ3n) is 2.87. The van der Waals surface area contributed by atoms with E-state index < -0.39 is 11.6 Å². The summed E-state index contributed by atoms with van der Waals surface area (Å²) in [6.45, 7) is 4.14. The number of hydrogen-bond acceptors (Lipinski definition) is 1. The molecule has 0 aliphatic rings. The molecule has 1 rings (SSSR count). The molecular weight excluding hydrogens is 215 g/mol. The average molecular weight is 231 g/mol. The molecule has 1 aromatic carbocycles. The summed E-state index contributed by atoms with van der Waals surface area (Å²) in [4.78, 5) is 0. The van der Waals surface area contributed by atoms with Crippen LogP contribution in [-0.4, -0.2) is 6.18 Å². The molecule has 0 aliphatic heterocycles. The standard InChI is InChI=1S/C12H16F3N/c1-8(16)9-4-6-10(7-5-9)11(2,3)12(13,14)15/h4-8H,16H2,1-3H3. The van der Waals surface area contributed by atoms with E-state index in [0.717, 1.165) is 5.56 Å². The predicted molar refractivity (Wildman–Crippen MR) is 58.1 cm³/mol. The van der Waals surface area contributed by atoms with Crippen LogP contribution in [0.5, 0.6) is 0 Å². The highest BCUT2D eigenvalue weighted by molar-refractivity contribution is 5.30. The Morgan fingerprint density at radius 3 is 1.81 bits per heavy atom. The Balaban J connectivity index is 3.07. The van der Waals surface area contributed by atoms with Crippen LogP contribution in [0.2, 0.25) is 0 Å². The summed E-state index contributed by atoms with van der Waals surface area (Å²) in [5.41, 5.74) is 4.90. The molecule has 90 valence electrons. The summed E-state index contributed by atoms with van der Waals surface area (Å²) < 4.78 is 38.3. The lowest BCUT2D eigenvalue weighted by molar-refractivity contribution is -0.180. The van der Waals surface area contributed by atoms with Crippen LogP contribution in [0.15, 0.2) is 24.3 Å². The van der Waals surface area contributed by atoms with Crippen LogP contribution >= 0.6 is 0 Å². The smallest absolute Gasteiger partial charge is 0.324 e. The molecule has 0 aliphatic carbocycles. The van der Waals surface area contributed by atoms with Gasteiger partial charge >= 0.3 is 6.18 Å². The first kappa shape index (κ1) is 13.0. The topological polar surface area (TPSA) is 26.0 Å². The maximum Gasteiger partial charge on any atom is 0.397 e. The van der Waals surface area contributed by atoms with Gasteiger partial charge in [-0.2, -0.15) is 13.2 Å². The van der Waals surface area contributed by atoms with Gasteiger partial charge in [-0.3, -0.25) is 0 Å². The molecule has 1 unspecified atom stereocenters. The quantitative estimate of drug-likeness (QED) is 0.827. The van der Waals surface area contributed by atoms with Crippen molar-refractivity contribution >= 4 is 0 Å². The van der Waals surface area contributed by atoms with Gasteiger partial charge < -0.3 is 5.73 Å². The highest BCUT2D eigenvalue weighted by Crippen LogP contribution is 2.40. The summed E-state index contributed by atoms with van der Waals surface area (Å²) in [6.07, 6.45) is -4.25. The molecule has 0 bridgehead atoms. The van der Waals surface area contributed by atoms with Crippen molar-refractivity contribution in [1.29, 1.82) is 0 Å². The van der Waals surface area contributed by atoms with Gasteiger partial charge in [-0.05, 0) is 31.9 Å². The highest BCUT2D eigenvalue weighted by atomic mass is 19.4. The largest absolute Gasteiger partial charge is 0.397 e. The molecule has 0 aromatic heterocycles. The van der Waals surface area contributed by atoms with Crippen LogP contribution in [0.1, 0.15) is 37.9 Å². The van der Waals surface area contributed by atoms with Crippen molar-refractivity contribution in [2.45, 2.75) is 38.4 Å². The molecule has 0 radical (unpaired) electrons. The molecule has 1 nitrogen and oxygen atoms in total. The molecule has 1 atom stereocenters. The van der Waals surface area contributed by atoms with Crippen molar-refractivity contribution in [3.63, 3.8) is 0 Å². The molecular formula is C12H16F3N. The van der Waals surface area contributed by atoms with Crippen molar-refractivity contribution in [2.24, 2.45) is 5.73 Å². The van der Waals surface area contributed by atoms with E-state index in [2.05, 4.69) is 0 Å². The predicted octanol–water partition coefficient (Wildman–Crippen LogP) is 3.55. The Bertz CT molecular complexity index is 350. The van der Waals surface area contributed by atoms with Gasteiger partial charge in [-0.15, -0.1) is 0 Å². The van der Waals surface area contributed by atoms with E-state index in [1.807, 2.05) is 0 Å². The van der Waals surface area contributed by atoms with Crippen molar-refractivity contribution in [3.8, 4) is 0 Å². The van der Waals surface area contributed by atoms with E-state index in [-0.39, 0.29) is 11.6 Å². The number of halogens is 3. The van der Waals surface area contributed by atoms with E-state index in [1.54, 1.807) is 19.1 Å². The van der Waals surface area contributed by atoms with Gasteiger partial charge in [-0.25, -0.2) is 0 Å². The lowest BCUT2D eigenvalue weighted by atomic mass is 9.83. The number of hydrogen-bond donors (Lipinski definition) is 1. The lowest BCUT2D eigenvalue weighted by Crippen LogP contribution is -2.36. The summed E-state index contributed by atoms with van der Waals surface area (Å²) in [5, 5.41) is 0. The van der Waals surface area contributed by atoms with Crippen molar-refractivity contribution < 1.29 is 13.2 Å². The zero-order valence-electron chi connectivity index (χ0n) is 9.60. The van der Waals surface area contributed by atoms with Gasteiger partial charge in [0, 0.05) is 6.04 Å². The van der Waals surface area contributed by atoms with Gasteiger partial charge in [0.15, 0.2) is 0 Å². The molecule has 16 heavy (non-hydrogen) atoms. The summed E-state index contributed by atoms with van der Waals surface area (Å²) >= 11 is 0. The third kappa shape index (κ3) is 2.38.